The third-order valence-electron chi connectivity index (χ3n) is 3.19. The van der Waals surface area contributed by atoms with Crippen LogP contribution in [-0.2, 0) is 0 Å². The molecule has 3 rings (SSSR count). The van der Waals surface area contributed by atoms with Gasteiger partial charge in [0.05, 0.1) is 5.56 Å². The first kappa shape index (κ1) is 17.2. The van der Waals surface area contributed by atoms with Gasteiger partial charge in [0.2, 0.25) is 11.8 Å². The summed E-state index contributed by atoms with van der Waals surface area (Å²) in [7, 11) is 2.95. The van der Waals surface area contributed by atoms with Gasteiger partial charge in [0.25, 0.3) is 0 Å². The second-order valence-electron chi connectivity index (χ2n) is 5.09. The SMILES string of the molecule is Cc1ccc(SSc2cc(C(=O)On3c(O)ccc3O)ccn2)cc1. The Bertz CT molecular complexity index is 874. The van der Waals surface area contributed by atoms with Gasteiger partial charge in [-0.1, -0.05) is 28.5 Å². The van der Waals surface area contributed by atoms with E-state index < -0.39 is 5.97 Å². The fourth-order valence-electron chi connectivity index (χ4n) is 1.90. The van der Waals surface area contributed by atoms with Gasteiger partial charge in [-0.05, 0) is 42.0 Å². The van der Waals surface area contributed by atoms with Crippen molar-refractivity contribution in [3.8, 4) is 11.8 Å². The quantitative estimate of drug-likeness (QED) is 0.659. The van der Waals surface area contributed by atoms with Crippen LogP contribution in [0.3, 0.4) is 0 Å². The maximum Gasteiger partial charge on any atom is 0.364 e. The van der Waals surface area contributed by atoms with Gasteiger partial charge in [0.15, 0.2) is 0 Å². The molecular weight excluding hydrogens is 360 g/mol. The van der Waals surface area contributed by atoms with Gasteiger partial charge in [-0.15, -0.1) is 4.73 Å². The van der Waals surface area contributed by atoms with Crippen LogP contribution in [0.15, 0.2) is 64.6 Å². The fourth-order valence-corrected chi connectivity index (χ4v) is 3.76. The minimum atomic E-state index is -0.716. The Labute approximate surface area is 151 Å². The number of rotatable bonds is 5. The molecule has 0 fully saturated rings. The van der Waals surface area contributed by atoms with E-state index in [2.05, 4.69) is 4.98 Å². The molecule has 0 aliphatic rings. The van der Waals surface area contributed by atoms with Gasteiger partial charge in [0.1, 0.15) is 5.03 Å². The molecule has 0 amide bonds. The Balaban J connectivity index is 1.68. The topological polar surface area (TPSA) is 84.6 Å². The zero-order chi connectivity index (χ0) is 17.8. The van der Waals surface area contributed by atoms with Gasteiger partial charge in [-0.2, -0.15) is 0 Å². The smallest absolute Gasteiger partial charge is 0.364 e. The maximum atomic E-state index is 12.2. The molecule has 3 aromatic rings. The van der Waals surface area contributed by atoms with Crippen molar-refractivity contribution in [1.82, 2.24) is 9.71 Å². The molecule has 0 aliphatic carbocycles. The minimum absolute atomic E-state index is 0.259. The van der Waals surface area contributed by atoms with Crippen molar-refractivity contribution in [2.45, 2.75) is 16.8 Å². The van der Waals surface area contributed by atoms with Gasteiger partial charge in [-0.25, -0.2) is 9.78 Å². The summed E-state index contributed by atoms with van der Waals surface area (Å²) >= 11 is 0. The van der Waals surface area contributed by atoms with Crippen molar-refractivity contribution in [3.63, 3.8) is 0 Å². The summed E-state index contributed by atoms with van der Waals surface area (Å²) in [6.07, 6.45) is 1.50. The summed E-state index contributed by atoms with van der Waals surface area (Å²) < 4.78 is 0.649. The number of aryl methyl sites for hydroxylation is 1. The number of benzene rings is 1. The largest absolute Gasteiger partial charge is 0.492 e. The fraction of sp³-hybridized carbons (Fsp3) is 0.0588. The number of aromatic hydroxyl groups is 2. The highest BCUT2D eigenvalue weighted by Gasteiger charge is 2.15. The van der Waals surface area contributed by atoms with E-state index in [-0.39, 0.29) is 17.3 Å². The third-order valence-corrected chi connectivity index (χ3v) is 5.47. The number of carbonyl (C=O) groups is 1. The number of hydrogen-bond donors (Lipinski definition) is 2. The average Bonchev–Trinajstić information content (AvgIpc) is 2.93. The zero-order valence-corrected chi connectivity index (χ0v) is 14.8. The molecule has 2 N–H and O–H groups in total. The van der Waals surface area contributed by atoms with Crippen LogP contribution in [-0.4, -0.2) is 25.9 Å². The molecule has 0 radical (unpaired) electrons. The first-order valence-electron chi connectivity index (χ1n) is 7.22. The van der Waals surface area contributed by atoms with Crippen LogP contribution in [0.1, 0.15) is 15.9 Å². The summed E-state index contributed by atoms with van der Waals surface area (Å²) in [4.78, 5) is 22.4. The number of hydrogen-bond acceptors (Lipinski definition) is 7. The normalized spacial score (nSPS) is 10.6. The number of pyridine rings is 1. The van der Waals surface area contributed by atoms with Gasteiger partial charge in [0, 0.05) is 23.2 Å². The zero-order valence-electron chi connectivity index (χ0n) is 13.1. The van der Waals surface area contributed by atoms with E-state index in [1.165, 1.54) is 51.5 Å². The number of nitrogens with zero attached hydrogens (tertiary/aromatic N) is 2. The van der Waals surface area contributed by atoms with Crippen molar-refractivity contribution >= 4 is 27.6 Å². The molecule has 0 atom stereocenters. The van der Waals surface area contributed by atoms with E-state index in [1.54, 1.807) is 6.07 Å². The van der Waals surface area contributed by atoms with Crippen LogP contribution >= 0.6 is 21.6 Å². The lowest BCUT2D eigenvalue weighted by atomic mass is 10.2. The molecule has 0 unspecified atom stereocenters. The van der Waals surface area contributed by atoms with E-state index >= 15 is 0 Å². The molecule has 2 aromatic heterocycles. The molecule has 1 aromatic carbocycles. The summed E-state index contributed by atoms with van der Waals surface area (Å²) in [6, 6.07) is 13.6. The molecular formula is C17H14N2O4S2. The van der Waals surface area contributed by atoms with Crippen LogP contribution < -0.4 is 4.84 Å². The van der Waals surface area contributed by atoms with E-state index in [0.29, 0.717) is 9.76 Å². The molecule has 0 saturated carbocycles. The Hall–Kier alpha value is -2.58. The summed E-state index contributed by atoms with van der Waals surface area (Å²) in [5.74, 6) is -1.46. The lowest BCUT2D eigenvalue weighted by molar-refractivity contribution is 0.0381. The Morgan fingerprint density at radius 2 is 1.72 bits per heavy atom. The van der Waals surface area contributed by atoms with Crippen LogP contribution in [0.2, 0.25) is 0 Å². The highest BCUT2D eigenvalue weighted by molar-refractivity contribution is 8.76. The lowest BCUT2D eigenvalue weighted by Gasteiger charge is -2.07. The highest BCUT2D eigenvalue weighted by atomic mass is 33.1. The van der Waals surface area contributed by atoms with Crippen LogP contribution in [0.4, 0.5) is 0 Å². The second kappa shape index (κ2) is 7.54. The molecule has 0 saturated heterocycles. The van der Waals surface area contributed by atoms with Gasteiger partial charge >= 0.3 is 5.97 Å². The predicted molar refractivity (Wildman–Crippen MR) is 95.8 cm³/mol. The van der Waals surface area contributed by atoms with E-state index in [9.17, 15) is 15.0 Å². The van der Waals surface area contributed by atoms with Crippen molar-refractivity contribution < 1.29 is 19.8 Å². The monoisotopic (exact) mass is 374 g/mol. The molecule has 8 heteroatoms. The molecule has 0 bridgehead atoms. The Morgan fingerprint density at radius 3 is 2.40 bits per heavy atom. The average molecular weight is 374 g/mol. The van der Waals surface area contributed by atoms with E-state index in [0.717, 1.165) is 4.90 Å². The minimum Gasteiger partial charge on any atom is -0.492 e. The van der Waals surface area contributed by atoms with Crippen LogP contribution in [0.5, 0.6) is 11.8 Å². The summed E-state index contributed by atoms with van der Waals surface area (Å²) in [6.45, 7) is 2.03. The van der Waals surface area contributed by atoms with Crippen LogP contribution in [0.25, 0.3) is 0 Å². The molecule has 25 heavy (non-hydrogen) atoms. The van der Waals surface area contributed by atoms with E-state index in [4.69, 9.17) is 4.84 Å². The van der Waals surface area contributed by atoms with Crippen LogP contribution in [0, 0.1) is 6.92 Å². The number of carbonyl (C=O) groups excluding carboxylic acids is 1. The Morgan fingerprint density at radius 1 is 1.04 bits per heavy atom. The first-order chi connectivity index (χ1) is 12.0. The highest BCUT2D eigenvalue weighted by Crippen LogP contribution is 2.36. The second-order valence-corrected chi connectivity index (χ2v) is 7.31. The van der Waals surface area contributed by atoms with Crippen molar-refractivity contribution in [2.75, 3.05) is 0 Å². The van der Waals surface area contributed by atoms with Crippen molar-refractivity contribution in [1.29, 1.82) is 0 Å². The summed E-state index contributed by atoms with van der Waals surface area (Å²) in [5, 5.41) is 19.7. The molecule has 0 aliphatic heterocycles. The number of aromatic nitrogens is 2. The van der Waals surface area contributed by atoms with Crippen molar-refractivity contribution in [2.24, 2.45) is 0 Å². The van der Waals surface area contributed by atoms with E-state index in [1.807, 2.05) is 31.2 Å². The standard InChI is InChI=1S/C17H14N2O4S2/c1-11-2-4-13(5-3-11)24-25-14-10-12(8-9-18-14)17(22)23-19-15(20)6-7-16(19)21/h2-10,20-21H,1H3. The molecule has 2 heterocycles. The van der Waals surface area contributed by atoms with Gasteiger partial charge in [-0.3, -0.25) is 0 Å². The first-order valence-corrected chi connectivity index (χ1v) is 9.37. The lowest BCUT2D eigenvalue weighted by Crippen LogP contribution is -2.19. The van der Waals surface area contributed by atoms with Gasteiger partial charge < -0.3 is 15.1 Å². The van der Waals surface area contributed by atoms with Crippen molar-refractivity contribution in [3.05, 3.63) is 65.9 Å². The summed E-state index contributed by atoms with van der Waals surface area (Å²) in [5.41, 5.74) is 1.45. The third kappa shape index (κ3) is 4.28. The molecule has 128 valence electrons. The predicted octanol–water partition coefficient (Wildman–Crippen LogP) is 3.67. The maximum absolute atomic E-state index is 12.2. The molecule has 6 nitrogen and oxygen atoms in total. The Kier molecular flexibility index (Phi) is 5.20. The molecule has 0 spiro atoms.